The van der Waals surface area contributed by atoms with E-state index in [1.807, 2.05) is 0 Å². The summed E-state index contributed by atoms with van der Waals surface area (Å²) in [7, 11) is -4.37. The SMILES string of the molecule is CCOP(=O)(OCC)C(=Nc1ccc(N=C(c2ccc(OC)cc2)P(=O)(OCC)OCC)cc1)c1ccc(OC)cc1. The summed E-state index contributed by atoms with van der Waals surface area (Å²) >= 11 is 0. The summed E-state index contributed by atoms with van der Waals surface area (Å²) in [6, 6.07) is 20.9. The van der Waals surface area contributed by atoms with Gasteiger partial charge in [-0.15, -0.1) is 0 Å². The number of methoxy groups -OCH3 is 2. The number of nitrogens with zero attached hydrogens (tertiary/aromatic N) is 2. The summed E-state index contributed by atoms with van der Waals surface area (Å²) < 4.78 is 60.7. The van der Waals surface area contributed by atoms with Crippen molar-refractivity contribution < 1.29 is 36.7 Å². The third-order valence-electron chi connectivity index (χ3n) is 5.73. The van der Waals surface area contributed by atoms with Crippen LogP contribution in [0.15, 0.2) is 82.8 Å². The van der Waals surface area contributed by atoms with Gasteiger partial charge in [-0.3, -0.25) is 9.13 Å². The van der Waals surface area contributed by atoms with E-state index in [-0.39, 0.29) is 37.3 Å². The van der Waals surface area contributed by atoms with Gasteiger partial charge in [0.05, 0.1) is 52.0 Å². The molecule has 0 radical (unpaired) electrons. The molecule has 3 rings (SSSR count). The first-order valence-corrected chi connectivity index (χ1v) is 16.7. The van der Waals surface area contributed by atoms with E-state index in [0.29, 0.717) is 34.0 Å². The van der Waals surface area contributed by atoms with Crippen molar-refractivity contribution >= 4 is 37.5 Å². The highest BCUT2D eigenvalue weighted by molar-refractivity contribution is 7.73. The van der Waals surface area contributed by atoms with E-state index in [9.17, 15) is 9.13 Å². The Bertz CT molecular complexity index is 1310. The molecule has 0 fully saturated rings. The molecule has 0 saturated carbocycles. The van der Waals surface area contributed by atoms with Crippen molar-refractivity contribution in [3.63, 3.8) is 0 Å². The quantitative estimate of drug-likeness (QED) is 0.116. The van der Waals surface area contributed by atoms with Gasteiger partial charge in [-0.25, -0.2) is 9.98 Å². The Morgan fingerprint density at radius 3 is 1.05 bits per heavy atom. The monoisotopic (exact) mass is 616 g/mol. The summed E-state index contributed by atoms with van der Waals surface area (Å²) in [5.74, 6) is 1.29. The van der Waals surface area contributed by atoms with Crippen LogP contribution in [0, 0.1) is 0 Å². The molecule has 0 bridgehead atoms. The molecular formula is C30H38N2O8P2. The van der Waals surface area contributed by atoms with Crippen LogP contribution in [0.3, 0.4) is 0 Å². The van der Waals surface area contributed by atoms with Crippen LogP contribution in [0.1, 0.15) is 38.8 Å². The molecule has 0 aliphatic rings. The average Bonchev–Trinajstić information content (AvgIpc) is 3.00. The molecule has 10 nitrogen and oxygen atoms in total. The number of rotatable bonds is 16. The number of ether oxygens (including phenoxy) is 2. The minimum atomic E-state index is -3.76. The van der Waals surface area contributed by atoms with E-state index >= 15 is 0 Å². The lowest BCUT2D eigenvalue weighted by Crippen LogP contribution is -2.09. The molecule has 0 unspecified atom stereocenters. The fraction of sp³-hybridized carbons (Fsp3) is 0.333. The van der Waals surface area contributed by atoms with E-state index < -0.39 is 15.2 Å². The predicted octanol–water partition coefficient (Wildman–Crippen LogP) is 8.39. The summed E-state index contributed by atoms with van der Waals surface area (Å²) in [6.45, 7) is 7.67. The number of aliphatic imine (C=N–C) groups is 2. The third kappa shape index (κ3) is 8.48. The lowest BCUT2D eigenvalue weighted by Gasteiger charge is -2.20. The molecule has 0 spiro atoms. The van der Waals surface area contributed by atoms with Crippen molar-refractivity contribution in [3.05, 3.63) is 83.9 Å². The second kappa shape index (κ2) is 15.9. The Labute approximate surface area is 247 Å². The maximum absolute atomic E-state index is 13.8. The maximum atomic E-state index is 13.8. The molecule has 226 valence electrons. The highest BCUT2D eigenvalue weighted by atomic mass is 31.2. The van der Waals surface area contributed by atoms with E-state index in [1.54, 1.807) is 115 Å². The molecule has 0 aromatic heterocycles. The minimum absolute atomic E-state index is 0.168. The van der Waals surface area contributed by atoms with Crippen molar-refractivity contribution in [1.29, 1.82) is 0 Å². The first-order chi connectivity index (χ1) is 20.2. The molecule has 0 atom stereocenters. The Morgan fingerprint density at radius 1 is 0.524 bits per heavy atom. The van der Waals surface area contributed by atoms with Gasteiger partial charge in [0.15, 0.2) is 10.9 Å². The second-order valence-electron chi connectivity index (χ2n) is 8.51. The number of benzene rings is 3. The highest BCUT2D eigenvalue weighted by Crippen LogP contribution is 2.54. The second-order valence-corrected chi connectivity index (χ2v) is 12.4. The largest absolute Gasteiger partial charge is 0.497 e. The summed E-state index contributed by atoms with van der Waals surface area (Å²) in [5, 5.41) is 0. The molecule has 3 aromatic rings. The Kier molecular flexibility index (Phi) is 12.7. The zero-order valence-electron chi connectivity index (χ0n) is 24.8. The Morgan fingerprint density at radius 2 is 0.810 bits per heavy atom. The van der Waals surface area contributed by atoms with Gasteiger partial charge in [-0.2, -0.15) is 0 Å². The summed E-state index contributed by atoms with van der Waals surface area (Å²) in [4.78, 5) is 9.39. The van der Waals surface area contributed by atoms with Crippen molar-refractivity contribution in [3.8, 4) is 11.5 Å². The lowest BCUT2D eigenvalue weighted by atomic mass is 10.2. The average molecular weight is 617 g/mol. The van der Waals surface area contributed by atoms with Crippen molar-refractivity contribution in [2.75, 3.05) is 40.6 Å². The molecule has 0 heterocycles. The van der Waals surface area contributed by atoms with Gasteiger partial charge in [-0.05, 0) is 100 Å². The van der Waals surface area contributed by atoms with Gasteiger partial charge < -0.3 is 27.6 Å². The predicted molar refractivity (Wildman–Crippen MR) is 167 cm³/mol. The van der Waals surface area contributed by atoms with E-state index in [4.69, 9.17) is 37.6 Å². The molecule has 0 aliphatic carbocycles. The van der Waals surface area contributed by atoms with Crippen molar-refractivity contribution in [2.45, 2.75) is 27.7 Å². The van der Waals surface area contributed by atoms with Crippen LogP contribution < -0.4 is 9.47 Å². The molecule has 0 amide bonds. The van der Waals surface area contributed by atoms with Crippen LogP contribution >= 0.6 is 15.2 Å². The van der Waals surface area contributed by atoms with Gasteiger partial charge in [0.2, 0.25) is 0 Å². The highest BCUT2D eigenvalue weighted by Gasteiger charge is 2.34. The van der Waals surface area contributed by atoms with Crippen LogP contribution in [0.5, 0.6) is 11.5 Å². The molecule has 0 aliphatic heterocycles. The zero-order valence-corrected chi connectivity index (χ0v) is 26.6. The van der Waals surface area contributed by atoms with Crippen LogP contribution in [-0.2, 0) is 27.2 Å². The topological polar surface area (TPSA) is 114 Å². The maximum Gasteiger partial charge on any atom is 0.380 e. The normalized spacial score (nSPS) is 12.8. The van der Waals surface area contributed by atoms with Gasteiger partial charge in [0, 0.05) is 11.1 Å². The molecule has 12 heteroatoms. The molecule has 0 saturated heterocycles. The third-order valence-corrected chi connectivity index (χ3v) is 9.88. The Balaban J connectivity index is 2.11. The van der Waals surface area contributed by atoms with Crippen molar-refractivity contribution in [1.82, 2.24) is 0 Å². The lowest BCUT2D eigenvalue weighted by molar-refractivity contribution is 0.231. The van der Waals surface area contributed by atoms with Gasteiger partial charge >= 0.3 is 15.2 Å². The molecule has 0 N–H and O–H groups in total. The fourth-order valence-electron chi connectivity index (χ4n) is 3.89. The van der Waals surface area contributed by atoms with Crippen LogP contribution in [0.2, 0.25) is 0 Å². The van der Waals surface area contributed by atoms with Crippen LogP contribution in [0.25, 0.3) is 0 Å². The van der Waals surface area contributed by atoms with Gasteiger partial charge in [0.25, 0.3) is 0 Å². The van der Waals surface area contributed by atoms with Gasteiger partial charge in [0.1, 0.15) is 11.5 Å². The summed E-state index contributed by atoms with van der Waals surface area (Å²) in [5.41, 5.74) is 2.45. The smallest absolute Gasteiger partial charge is 0.380 e. The Hall–Kier alpha value is -3.10. The van der Waals surface area contributed by atoms with Crippen molar-refractivity contribution in [2.24, 2.45) is 9.98 Å². The molecular weight excluding hydrogens is 578 g/mol. The fourth-order valence-corrected chi connectivity index (χ4v) is 7.30. The summed E-state index contributed by atoms with van der Waals surface area (Å²) in [6.07, 6.45) is 0. The van der Waals surface area contributed by atoms with Crippen LogP contribution in [0.4, 0.5) is 11.4 Å². The first-order valence-electron chi connectivity index (χ1n) is 13.6. The molecule has 3 aromatic carbocycles. The molecule has 42 heavy (non-hydrogen) atoms. The standard InChI is InChI=1S/C30H38N2O8P2/c1-7-37-41(33,38-8-2)29(23-11-19-27(35-5)20-12-23)31-25-15-17-26(18-16-25)32-30(42(34,39-9-3)40-10-4)24-13-21-28(36-6)22-14-24/h11-22H,7-10H2,1-6H3. The minimum Gasteiger partial charge on any atom is -0.497 e. The van der Waals surface area contributed by atoms with E-state index in [2.05, 4.69) is 0 Å². The zero-order chi connectivity index (χ0) is 30.6. The van der Waals surface area contributed by atoms with E-state index in [1.165, 1.54) is 0 Å². The number of hydrogen-bond acceptors (Lipinski definition) is 10. The van der Waals surface area contributed by atoms with E-state index in [0.717, 1.165) is 0 Å². The van der Waals surface area contributed by atoms with Crippen LogP contribution in [-0.4, -0.2) is 51.6 Å². The number of hydrogen-bond donors (Lipinski definition) is 0. The van der Waals surface area contributed by atoms with Gasteiger partial charge in [-0.1, -0.05) is 0 Å². The first kappa shape index (κ1) is 33.4.